The van der Waals surface area contributed by atoms with Gasteiger partial charge in [-0.25, -0.2) is 0 Å². The molecule has 1 aliphatic carbocycles. The normalized spacial score (nSPS) is 33.4. The number of carboxylic acid groups (broad SMARTS) is 1. The summed E-state index contributed by atoms with van der Waals surface area (Å²) in [6, 6.07) is -0.524. The zero-order valence-electron chi connectivity index (χ0n) is 5.66. The number of hydrogen-bond donors (Lipinski definition) is 3. The summed E-state index contributed by atoms with van der Waals surface area (Å²) in [5.41, 5.74) is 10.7. The van der Waals surface area contributed by atoms with E-state index in [1.165, 1.54) is 0 Å². The second-order valence-electron chi connectivity index (χ2n) is 2.84. The van der Waals surface area contributed by atoms with Crippen LogP contribution in [-0.2, 0) is 4.79 Å². The van der Waals surface area contributed by atoms with E-state index in [0.29, 0.717) is 12.3 Å². The third kappa shape index (κ3) is 1.68. The second-order valence-corrected chi connectivity index (χ2v) is 2.84. The predicted molar refractivity (Wildman–Crippen MR) is 36.3 cm³/mol. The van der Waals surface area contributed by atoms with Crippen molar-refractivity contribution in [1.82, 2.24) is 0 Å². The van der Waals surface area contributed by atoms with Gasteiger partial charge in [0.25, 0.3) is 0 Å². The topological polar surface area (TPSA) is 89.3 Å². The van der Waals surface area contributed by atoms with Gasteiger partial charge in [-0.2, -0.15) is 0 Å². The molecule has 3 atom stereocenters. The van der Waals surface area contributed by atoms with Crippen LogP contribution in [0.1, 0.15) is 12.8 Å². The maximum Gasteiger partial charge on any atom is 0.320 e. The standard InChI is InChI=1S/C6H12N2O2/c7-4-1-3(4)2-5(8)6(9)10/h3-5H,1-2,7-8H2,(H,9,10)/t3-,4-,5+/m0/s1. The van der Waals surface area contributed by atoms with Gasteiger partial charge < -0.3 is 16.6 Å². The van der Waals surface area contributed by atoms with Gasteiger partial charge in [-0.3, -0.25) is 4.79 Å². The van der Waals surface area contributed by atoms with Gasteiger partial charge >= 0.3 is 5.97 Å². The maximum absolute atomic E-state index is 10.2. The highest BCUT2D eigenvalue weighted by atomic mass is 16.4. The number of hydrogen-bond acceptors (Lipinski definition) is 3. The van der Waals surface area contributed by atoms with E-state index >= 15 is 0 Å². The number of carbonyl (C=O) groups is 1. The molecule has 1 rings (SSSR count). The smallest absolute Gasteiger partial charge is 0.320 e. The van der Waals surface area contributed by atoms with Crippen molar-refractivity contribution in [3.63, 3.8) is 0 Å². The molecule has 4 nitrogen and oxygen atoms in total. The Kier molecular flexibility index (Phi) is 1.92. The Labute approximate surface area is 59.2 Å². The highest BCUT2D eigenvalue weighted by molar-refractivity contribution is 5.73. The van der Waals surface area contributed by atoms with E-state index in [9.17, 15) is 4.79 Å². The highest BCUT2D eigenvalue weighted by Gasteiger charge is 2.35. The van der Waals surface area contributed by atoms with Gasteiger partial charge in [-0.15, -0.1) is 0 Å². The lowest BCUT2D eigenvalue weighted by Crippen LogP contribution is -2.31. The minimum atomic E-state index is -0.931. The third-order valence-electron chi connectivity index (χ3n) is 1.85. The molecule has 0 amide bonds. The molecule has 0 heterocycles. The van der Waals surface area contributed by atoms with E-state index in [0.717, 1.165) is 6.42 Å². The lowest BCUT2D eigenvalue weighted by atomic mass is 10.1. The molecular weight excluding hydrogens is 132 g/mol. The molecule has 0 aromatic rings. The SMILES string of the molecule is N[C@H](C[C@@H]1C[C@@H]1N)C(=O)O. The Balaban J connectivity index is 2.19. The summed E-state index contributed by atoms with van der Waals surface area (Å²) in [5, 5.41) is 8.38. The largest absolute Gasteiger partial charge is 0.480 e. The summed E-state index contributed by atoms with van der Waals surface area (Å²) >= 11 is 0. The fourth-order valence-electron chi connectivity index (χ4n) is 0.969. The van der Waals surface area contributed by atoms with Gasteiger partial charge in [-0.1, -0.05) is 0 Å². The lowest BCUT2D eigenvalue weighted by Gasteiger charge is -2.02. The van der Waals surface area contributed by atoms with E-state index in [1.54, 1.807) is 0 Å². The monoisotopic (exact) mass is 144 g/mol. The molecule has 0 saturated heterocycles. The fourth-order valence-corrected chi connectivity index (χ4v) is 0.969. The van der Waals surface area contributed by atoms with E-state index < -0.39 is 12.0 Å². The molecule has 0 radical (unpaired) electrons. The minimum Gasteiger partial charge on any atom is -0.480 e. The van der Waals surface area contributed by atoms with Gasteiger partial charge in [-0.05, 0) is 18.8 Å². The molecule has 1 fully saturated rings. The average molecular weight is 144 g/mol. The molecule has 4 heteroatoms. The van der Waals surface area contributed by atoms with Crippen molar-refractivity contribution in [2.24, 2.45) is 17.4 Å². The first kappa shape index (κ1) is 7.50. The fraction of sp³-hybridized carbons (Fsp3) is 0.833. The number of nitrogens with two attached hydrogens (primary N) is 2. The van der Waals surface area contributed by atoms with Crippen LogP contribution in [0, 0.1) is 5.92 Å². The van der Waals surface area contributed by atoms with E-state index in [-0.39, 0.29) is 6.04 Å². The van der Waals surface area contributed by atoms with Crippen molar-refractivity contribution in [3.05, 3.63) is 0 Å². The molecule has 58 valence electrons. The zero-order chi connectivity index (χ0) is 7.72. The van der Waals surface area contributed by atoms with Gasteiger partial charge in [0, 0.05) is 6.04 Å². The van der Waals surface area contributed by atoms with Crippen LogP contribution < -0.4 is 11.5 Å². The summed E-state index contributed by atoms with van der Waals surface area (Å²) in [4.78, 5) is 10.2. The van der Waals surface area contributed by atoms with E-state index in [4.69, 9.17) is 16.6 Å². The Hall–Kier alpha value is -0.610. The van der Waals surface area contributed by atoms with Crippen molar-refractivity contribution in [2.75, 3.05) is 0 Å². The maximum atomic E-state index is 10.2. The van der Waals surface area contributed by atoms with Crippen LogP contribution in [0.3, 0.4) is 0 Å². The molecule has 0 aromatic carbocycles. The molecule has 0 aliphatic heterocycles. The molecule has 0 bridgehead atoms. The van der Waals surface area contributed by atoms with Crippen LogP contribution in [0.15, 0.2) is 0 Å². The molecule has 0 spiro atoms. The number of aliphatic carboxylic acids is 1. The molecule has 0 unspecified atom stereocenters. The van der Waals surface area contributed by atoms with Crippen LogP contribution >= 0.6 is 0 Å². The number of rotatable bonds is 3. The van der Waals surface area contributed by atoms with Crippen LogP contribution in [0.4, 0.5) is 0 Å². The molecule has 0 aromatic heterocycles. The number of carboxylic acids is 1. The molecule has 1 aliphatic rings. The van der Waals surface area contributed by atoms with Crippen molar-refractivity contribution in [2.45, 2.75) is 24.9 Å². The Morgan fingerprint density at radius 2 is 2.30 bits per heavy atom. The Morgan fingerprint density at radius 1 is 1.80 bits per heavy atom. The summed E-state index contributed by atoms with van der Waals surface area (Å²) in [5.74, 6) is -0.579. The van der Waals surface area contributed by atoms with Crippen molar-refractivity contribution >= 4 is 5.97 Å². The first-order chi connectivity index (χ1) is 4.61. The van der Waals surface area contributed by atoms with Crippen LogP contribution in [0.2, 0.25) is 0 Å². The van der Waals surface area contributed by atoms with Gasteiger partial charge in [0.1, 0.15) is 6.04 Å². The lowest BCUT2D eigenvalue weighted by molar-refractivity contribution is -0.138. The second kappa shape index (κ2) is 2.56. The molecule has 10 heavy (non-hydrogen) atoms. The average Bonchev–Trinajstić information content (AvgIpc) is 2.46. The van der Waals surface area contributed by atoms with Gasteiger partial charge in [0.15, 0.2) is 0 Å². The summed E-state index contributed by atoms with van der Waals surface area (Å²) in [6.07, 6.45) is 1.46. The minimum absolute atomic E-state index is 0.199. The van der Waals surface area contributed by atoms with E-state index in [1.807, 2.05) is 0 Å². The molecule has 1 saturated carbocycles. The van der Waals surface area contributed by atoms with Gasteiger partial charge in [0.05, 0.1) is 0 Å². The van der Waals surface area contributed by atoms with Crippen molar-refractivity contribution in [1.29, 1.82) is 0 Å². The summed E-state index contributed by atoms with van der Waals surface area (Å²) in [6.45, 7) is 0. The van der Waals surface area contributed by atoms with E-state index in [2.05, 4.69) is 0 Å². The van der Waals surface area contributed by atoms with Crippen molar-refractivity contribution < 1.29 is 9.90 Å². The third-order valence-corrected chi connectivity index (χ3v) is 1.85. The van der Waals surface area contributed by atoms with Crippen molar-refractivity contribution in [3.8, 4) is 0 Å². The van der Waals surface area contributed by atoms with Gasteiger partial charge in [0.2, 0.25) is 0 Å². The van der Waals surface area contributed by atoms with Crippen LogP contribution in [0.5, 0.6) is 0 Å². The van der Waals surface area contributed by atoms with Crippen LogP contribution in [-0.4, -0.2) is 23.2 Å². The zero-order valence-corrected chi connectivity index (χ0v) is 5.66. The first-order valence-electron chi connectivity index (χ1n) is 3.35. The molecule has 5 N–H and O–H groups in total. The Morgan fingerprint density at radius 3 is 2.60 bits per heavy atom. The van der Waals surface area contributed by atoms with Crippen LogP contribution in [0.25, 0.3) is 0 Å². The predicted octanol–water partition coefficient (Wildman–Crippen LogP) is -0.864. The Bertz CT molecular complexity index is 149. The molecular formula is C6H12N2O2. The summed E-state index contributed by atoms with van der Waals surface area (Å²) < 4.78 is 0. The first-order valence-corrected chi connectivity index (χ1v) is 3.35. The highest BCUT2D eigenvalue weighted by Crippen LogP contribution is 2.31. The summed E-state index contributed by atoms with van der Waals surface area (Å²) in [7, 11) is 0. The quantitative estimate of drug-likeness (QED) is 0.480.